The van der Waals surface area contributed by atoms with Crippen LogP contribution in [0.25, 0.3) is 0 Å². The molecule has 60 valence electrons. The van der Waals surface area contributed by atoms with E-state index in [1.165, 1.54) is 0 Å². The maximum atomic E-state index is 4.26. The van der Waals surface area contributed by atoms with Crippen LogP contribution < -0.4 is 0 Å². The highest BCUT2D eigenvalue weighted by atomic mass is 79.9. The van der Waals surface area contributed by atoms with Gasteiger partial charge < -0.3 is 0 Å². The van der Waals surface area contributed by atoms with Crippen molar-refractivity contribution in [3.05, 3.63) is 23.8 Å². The van der Waals surface area contributed by atoms with E-state index in [4.69, 9.17) is 0 Å². The Hall–Kier alpha value is -0.440. The average molecular weight is 215 g/mol. The predicted molar refractivity (Wildman–Crippen MR) is 49.0 cm³/mol. The van der Waals surface area contributed by atoms with Crippen LogP contribution >= 0.6 is 15.9 Å². The zero-order chi connectivity index (χ0) is 8.27. The SMILES string of the molecule is Cc1cnc(C(C)CBr)cn1. The number of alkyl halides is 1. The fraction of sp³-hybridized carbons (Fsp3) is 0.500. The molecule has 3 heteroatoms. The largest absolute Gasteiger partial charge is 0.258 e. The van der Waals surface area contributed by atoms with Crippen LogP contribution in [0.5, 0.6) is 0 Å². The second kappa shape index (κ2) is 3.81. The van der Waals surface area contributed by atoms with Crippen molar-refractivity contribution < 1.29 is 0 Å². The number of rotatable bonds is 2. The van der Waals surface area contributed by atoms with Crippen LogP contribution in [0.2, 0.25) is 0 Å². The van der Waals surface area contributed by atoms with Crippen molar-refractivity contribution in [1.82, 2.24) is 9.97 Å². The van der Waals surface area contributed by atoms with Gasteiger partial charge in [-0.05, 0) is 6.92 Å². The van der Waals surface area contributed by atoms with E-state index >= 15 is 0 Å². The van der Waals surface area contributed by atoms with Crippen molar-refractivity contribution in [1.29, 1.82) is 0 Å². The van der Waals surface area contributed by atoms with E-state index in [1.807, 2.05) is 13.1 Å². The Kier molecular flexibility index (Phi) is 3.00. The van der Waals surface area contributed by atoms with Gasteiger partial charge in [-0.15, -0.1) is 0 Å². The summed E-state index contributed by atoms with van der Waals surface area (Å²) in [5.74, 6) is 0.447. The highest BCUT2D eigenvalue weighted by Gasteiger charge is 2.03. The Balaban J connectivity index is 2.81. The number of hydrogen-bond acceptors (Lipinski definition) is 2. The van der Waals surface area contributed by atoms with Gasteiger partial charge in [-0.3, -0.25) is 9.97 Å². The van der Waals surface area contributed by atoms with E-state index < -0.39 is 0 Å². The number of aryl methyl sites for hydroxylation is 1. The predicted octanol–water partition coefficient (Wildman–Crippen LogP) is 2.28. The molecule has 1 heterocycles. The van der Waals surface area contributed by atoms with E-state index in [1.54, 1.807) is 6.20 Å². The van der Waals surface area contributed by atoms with Crippen molar-refractivity contribution in [3.8, 4) is 0 Å². The minimum Gasteiger partial charge on any atom is -0.258 e. The smallest absolute Gasteiger partial charge is 0.0623 e. The summed E-state index contributed by atoms with van der Waals surface area (Å²) in [5.41, 5.74) is 2.02. The Morgan fingerprint density at radius 2 is 2.18 bits per heavy atom. The molecular formula is C8H11BrN2. The molecule has 0 aliphatic heterocycles. The molecule has 11 heavy (non-hydrogen) atoms. The molecule has 1 aromatic rings. The first-order valence-corrected chi connectivity index (χ1v) is 4.70. The summed E-state index contributed by atoms with van der Waals surface area (Å²) in [7, 11) is 0. The van der Waals surface area contributed by atoms with Crippen LogP contribution in [0.4, 0.5) is 0 Å². The monoisotopic (exact) mass is 214 g/mol. The third-order valence-corrected chi connectivity index (χ3v) is 2.51. The molecule has 0 saturated heterocycles. The van der Waals surface area contributed by atoms with Gasteiger partial charge in [0.15, 0.2) is 0 Å². The fourth-order valence-corrected chi connectivity index (χ4v) is 1.07. The van der Waals surface area contributed by atoms with Crippen molar-refractivity contribution in [3.63, 3.8) is 0 Å². The zero-order valence-corrected chi connectivity index (χ0v) is 8.30. The molecule has 2 nitrogen and oxygen atoms in total. The average Bonchev–Trinajstić information content (AvgIpc) is 2.05. The Morgan fingerprint density at radius 3 is 2.64 bits per heavy atom. The van der Waals surface area contributed by atoms with Crippen LogP contribution in [0.3, 0.4) is 0 Å². The fourth-order valence-electron chi connectivity index (χ4n) is 0.736. The third kappa shape index (κ3) is 2.26. The maximum absolute atomic E-state index is 4.26. The lowest BCUT2D eigenvalue weighted by molar-refractivity contribution is 0.823. The summed E-state index contributed by atoms with van der Waals surface area (Å²) >= 11 is 3.40. The molecule has 0 amide bonds. The molecule has 0 aromatic carbocycles. The number of halogens is 1. The number of nitrogens with zero attached hydrogens (tertiary/aromatic N) is 2. The molecule has 1 unspecified atom stereocenters. The van der Waals surface area contributed by atoms with Gasteiger partial charge in [-0.25, -0.2) is 0 Å². The standard InChI is InChI=1S/C8H11BrN2/c1-6(3-9)8-5-10-7(2)4-11-8/h4-6H,3H2,1-2H3. The summed E-state index contributed by atoms with van der Waals surface area (Å²) in [4.78, 5) is 8.42. The van der Waals surface area contributed by atoms with Gasteiger partial charge in [-0.2, -0.15) is 0 Å². The Labute approximate surface area is 75.2 Å². The minimum absolute atomic E-state index is 0.447. The first-order chi connectivity index (χ1) is 5.24. The van der Waals surface area contributed by atoms with Crippen LogP contribution in [-0.4, -0.2) is 15.3 Å². The summed E-state index contributed by atoms with van der Waals surface area (Å²) in [5, 5.41) is 0.935. The van der Waals surface area contributed by atoms with E-state index in [-0.39, 0.29) is 0 Å². The first-order valence-electron chi connectivity index (χ1n) is 3.58. The van der Waals surface area contributed by atoms with E-state index in [2.05, 4.69) is 32.8 Å². The maximum Gasteiger partial charge on any atom is 0.0623 e. The van der Waals surface area contributed by atoms with Crippen molar-refractivity contribution >= 4 is 15.9 Å². The minimum atomic E-state index is 0.447. The van der Waals surface area contributed by atoms with Crippen molar-refractivity contribution in [2.24, 2.45) is 0 Å². The van der Waals surface area contributed by atoms with Gasteiger partial charge in [0.25, 0.3) is 0 Å². The zero-order valence-electron chi connectivity index (χ0n) is 6.71. The number of hydrogen-bond donors (Lipinski definition) is 0. The van der Waals surface area contributed by atoms with Crippen LogP contribution in [0, 0.1) is 6.92 Å². The topological polar surface area (TPSA) is 25.8 Å². The third-order valence-electron chi connectivity index (χ3n) is 1.54. The molecule has 0 N–H and O–H groups in total. The lowest BCUT2D eigenvalue weighted by atomic mass is 10.1. The van der Waals surface area contributed by atoms with Gasteiger partial charge in [0.2, 0.25) is 0 Å². The molecule has 0 aliphatic carbocycles. The van der Waals surface area contributed by atoms with Crippen LogP contribution in [0.15, 0.2) is 12.4 Å². The normalized spacial score (nSPS) is 13.0. The van der Waals surface area contributed by atoms with Gasteiger partial charge >= 0.3 is 0 Å². The second-order valence-electron chi connectivity index (χ2n) is 2.64. The molecule has 1 atom stereocenters. The molecule has 0 aliphatic rings. The molecule has 1 rings (SSSR count). The summed E-state index contributed by atoms with van der Waals surface area (Å²) < 4.78 is 0. The van der Waals surface area contributed by atoms with E-state index in [0.717, 1.165) is 16.7 Å². The molecule has 0 fully saturated rings. The highest BCUT2D eigenvalue weighted by molar-refractivity contribution is 9.09. The van der Waals surface area contributed by atoms with Gasteiger partial charge in [0, 0.05) is 23.6 Å². The lowest BCUT2D eigenvalue weighted by Gasteiger charge is -2.04. The molecule has 0 radical (unpaired) electrons. The quantitative estimate of drug-likeness (QED) is 0.707. The molecule has 1 aromatic heterocycles. The Bertz CT molecular complexity index is 220. The molecule has 0 spiro atoms. The van der Waals surface area contributed by atoms with Gasteiger partial charge in [0.1, 0.15) is 0 Å². The van der Waals surface area contributed by atoms with E-state index in [9.17, 15) is 0 Å². The van der Waals surface area contributed by atoms with Crippen LogP contribution in [0.1, 0.15) is 24.2 Å². The molecule has 0 saturated carbocycles. The summed E-state index contributed by atoms with van der Waals surface area (Å²) in [6, 6.07) is 0. The highest BCUT2D eigenvalue weighted by Crippen LogP contribution is 2.13. The Morgan fingerprint density at radius 1 is 1.45 bits per heavy atom. The van der Waals surface area contributed by atoms with Gasteiger partial charge in [0.05, 0.1) is 11.4 Å². The first kappa shape index (κ1) is 8.65. The van der Waals surface area contributed by atoms with Crippen molar-refractivity contribution in [2.75, 3.05) is 5.33 Å². The van der Waals surface area contributed by atoms with Crippen LogP contribution in [-0.2, 0) is 0 Å². The summed E-state index contributed by atoms with van der Waals surface area (Å²) in [6.45, 7) is 4.06. The van der Waals surface area contributed by atoms with Gasteiger partial charge in [-0.1, -0.05) is 22.9 Å². The number of aromatic nitrogens is 2. The molecule has 0 bridgehead atoms. The van der Waals surface area contributed by atoms with Crippen molar-refractivity contribution in [2.45, 2.75) is 19.8 Å². The summed E-state index contributed by atoms with van der Waals surface area (Å²) in [6.07, 6.45) is 3.63. The van der Waals surface area contributed by atoms with E-state index in [0.29, 0.717) is 5.92 Å². The lowest BCUT2D eigenvalue weighted by Crippen LogP contribution is -1.99. The molecular weight excluding hydrogens is 204 g/mol. The second-order valence-corrected chi connectivity index (χ2v) is 3.29.